The quantitative estimate of drug-likeness (QED) is 0.0515. The van der Waals surface area contributed by atoms with Gasteiger partial charge >= 0.3 is 0 Å². The highest BCUT2D eigenvalue weighted by Gasteiger charge is 2.59. The van der Waals surface area contributed by atoms with Gasteiger partial charge < -0.3 is 19.1 Å². The molecule has 59 heavy (non-hydrogen) atoms. The second-order valence-electron chi connectivity index (χ2n) is 21.1. The average molecular weight is 824 g/mol. The van der Waals surface area contributed by atoms with E-state index in [1.165, 1.54) is 135 Å². The van der Waals surface area contributed by atoms with Crippen LogP contribution in [0.25, 0.3) is 0 Å². The van der Waals surface area contributed by atoms with E-state index in [1.807, 2.05) is 0 Å². The van der Waals surface area contributed by atoms with Crippen LogP contribution in [0.4, 0.5) is 0 Å². The van der Waals surface area contributed by atoms with Crippen molar-refractivity contribution in [2.24, 2.45) is 46.3 Å². The zero-order chi connectivity index (χ0) is 41.6. The van der Waals surface area contributed by atoms with Crippen molar-refractivity contribution >= 4 is 0 Å². The molecule has 3 fully saturated rings. The summed E-state index contributed by atoms with van der Waals surface area (Å²) in [5, 5.41) is 0. The van der Waals surface area contributed by atoms with Crippen LogP contribution in [-0.4, -0.2) is 64.2 Å². The minimum absolute atomic E-state index is 0. The van der Waals surface area contributed by atoms with Crippen molar-refractivity contribution in [3.05, 3.63) is 36.0 Å². The normalized spacial score (nSPS) is 29.1. The number of ether oxygens (including phenoxy) is 3. The van der Waals surface area contributed by atoms with Crippen molar-refractivity contribution in [2.45, 2.75) is 222 Å². The van der Waals surface area contributed by atoms with E-state index < -0.39 is 0 Å². The van der Waals surface area contributed by atoms with Gasteiger partial charge in [-0.2, -0.15) is 0 Å². The lowest BCUT2D eigenvalue weighted by atomic mass is 9.47. The standard InChI is InChI=1S/C54H97NO3.CH4/c1-9-10-11-12-13-14-15-16-17-18-19-20-21-22-23-24-38-56-43-48(42-55(7)8)58-40-26-25-39-57-47-34-36-53(5)46(41-47)30-31-49-51-33-32-50(45(4)29-27-28-44(2)3)54(51,6)37-35-52(49)53;/h13-14,16-17,30,44-45,47-52H,9-12,15,18-29,31-43H2,1-8H3;1H4/b14-13-,17-16-;/t45?,47-,48?,49?,50?,51?,52?,53-,54+;/m0./s1. The van der Waals surface area contributed by atoms with Crippen LogP contribution in [-0.2, 0) is 14.2 Å². The molecule has 9 atom stereocenters. The average Bonchev–Trinajstić information content (AvgIpc) is 3.55. The molecule has 0 heterocycles. The van der Waals surface area contributed by atoms with Gasteiger partial charge in [0.25, 0.3) is 0 Å². The molecule has 0 N–H and O–H groups in total. The zero-order valence-electron chi connectivity index (χ0n) is 39.9. The summed E-state index contributed by atoms with van der Waals surface area (Å²) >= 11 is 0. The molecule has 6 unspecified atom stereocenters. The first-order chi connectivity index (χ1) is 28.1. The predicted molar refractivity (Wildman–Crippen MR) is 257 cm³/mol. The van der Waals surface area contributed by atoms with Crippen LogP contribution < -0.4 is 0 Å². The molecule has 3 saturated carbocycles. The highest BCUT2D eigenvalue weighted by atomic mass is 16.5. The zero-order valence-corrected chi connectivity index (χ0v) is 39.9. The molecule has 0 bridgehead atoms. The SMILES string of the molecule is C.CCCCC/C=C\C/C=C\CCCCCCCCOCC(CN(C)C)OCCCCO[C@H]1CC[C@@]2(C)C(=CCC3C4CCC(C(C)CCCC(C)C)[C@@]4(C)CCC32)C1. The van der Waals surface area contributed by atoms with Crippen molar-refractivity contribution in [1.29, 1.82) is 0 Å². The fraction of sp³-hybridized carbons (Fsp3) is 0.891. The molecule has 0 saturated heterocycles. The Kier molecular flexibility index (Phi) is 25.5. The number of unbranched alkanes of at least 4 members (excludes halogenated alkanes) is 10. The molecule has 0 aromatic carbocycles. The molecular formula is C55H101NO3. The first-order valence-electron chi connectivity index (χ1n) is 25.5. The van der Waals surface area contributed by atoms with E-state index in [0.717, 1.165) is 87.6 Å². The van der Waals surface area contributed by atoms with Crippen molar-refractivity contribution in [2.75, 3.05) is 47.1 Å². The van der Waals surface area contributed by atoms with Crippen LogP contribution in [0.15, 0.2) is 36.0 Å². The first-order valence-corrected chi connectivity index (χ1v) is 25.5. The van der Waals surface area contributed by atoms with E-state index >= 15 is 0 Å². The molecule has 0 amide bonds. The maximum atomic E-state index is 6.59. The fourth-order valence-corrected chi connectivity index (χ4v) is 12.5. The van der Waals surface area contributed by atoms with E-state index in [9.17, 15) is 0 Å². The number of rotatable bonds is 31. The third-order valence-corrected chi connectivity index (χ3v) is 15.9. The highest BCUT2D eigenvalue weighted by molar-refractivity contribution is 5.25. The molecule has 344 valence electrons. The fourth-order valence-electron chi connectivity index (χ4n) is 12.5. The van der Waals surface area contributed by atoms with Crippen LogP contribution in [0.1, 0.15) is 209 Å². The van der Waals surface area contributed by atoms with Gasteiger partial charge in [0.1, 0.15) is 0 Å². The number of hydrogen-bond acceptors (Lipinski definition) is 4. The second kappa shape index (κ2) is 28.7. The third-order valence-electron chi connectivity index (χ3n) is 15.9. The van der Waals surface area contributed by atoms with Crippen molar-refractivity contribution in [3.63, 3.8) is 0 Å². The van der Waals surface area contributed by atoms with Gasteiger partial charge in [0.15, 0.2) is 0 Å². The lowest BCUT2D eigenvalue weighted by Crippen LogP contribution is -2.51. The first kappa shape index (κ1) is 52.4. The van der Waals surface area contributed by atoms with E-state index in [-0.39, 0.29) is 13.5 Å². The Hall–Kier alpha value is -0.940. The highest BCUT2D eigenvalue weighted by Crippen LogP contribution is 2.67. The van der Waals surface area contributed by atoms with Crippen LogP contribution in [0.2, 0.25) is 0 Å². The van der Waals surface area contributed by atoms with Gasteiger partial charge in [-0.1, -0.05) is 143 Å². The third kappa shape index (κ3) is 17.3. The van der Waals surface area contributed by atoms with E-state index in [0.29, 0.717) is 23.5 Å². The summed E-state index contributed by atoms with van der Waals surface area (Å²) in [4.78, 5) is 2.23. The van der Waals surface area contributed by atoms with E-state index in [1.54, 1.807) is 5.57 Å². The van der Waals surface area contributed by atoms with Crippen molar-refractivity contribution < 1.29 is 14.2 Å². The number of likely N-dealkylation sites (N-methyl/N-ethyl adjacent to an activating group) is 1. The summed E-state index contributed by atoms with van der Waals surface area (Å²) in [7, 11) is 4.27. The molecule has 0 aliphatic heterocycles. The number of hydrogen-bond donors (Lipinski definition) is 0. The summed E-state index contributed by atoms with van der Waals surface area (Å²) in [5.74, 6) is 5.43. The Balaban J connectivity index is 0.00000930. The maximum absolute atomic E-state index is 6.59. The lowest BCUT2D eigenvalue weighted by molar-refractivity contribution is -0.0648. The van der Waals surface area contributed by atoms with Gasteiger partial charge in [-0.15, -0.1) is 0 Å². The Labute approximate surface area is 368 Å². The number of nitrogens with zero attached hydrogens (tertiary/aromatic N) is 1. The molecular weight excluding hydrogens is 723 g/mol. The van der Waals surface area contributed by atoms with Crippen molar-refractivity contribution in [3.8, 4) is 0 Å². The summed E-state index contributed by atoms with van der Waals surface area (Å²) in [6, 6.07) is 0. The Bertz CT molecular complexity index is 1170. The van der Waals surface area contributed by atoms with Crippen LogP contribution in [0, 0.1) is 46.3 Å². The van der Waals surface area contributed by atoms with Gasteiger partial charge in [-0.25, -0.2) is 0 Å². The summed E-state index contributed by atoms with van der Waals surface area (Å²) < 4.78 is 19.1. The van der Waals surface area contributed by atoms with Gasteiger partial charge in [0, 0.05) is 26.4 Å². The largest absolute Gasteiger partial charge is 0.379 e. The molecule has 0 aromatic heterocycles. The Morgan fingerprint density at radius 3 is 2.17 bits per heavy atom. The maximum Gasteiger partial charge on any atom is 0.0934 e. The minimum Gasteiger partial charge on any atom is -0.379 e. The number of allylic oxidation sites excluding steroid dienone is 5. The molecule has 4 aliphatic carbocycles. The topological polar surface area (TPSA) is 30.9 Å². The van der Waals surface area contributed by atoms with Gasteiger partial charge in [-0.3, -0.25) is 0 Å². The van der Waals surface area contributed by atoms with Crippen LogP contribution in [0.5, 0.6) is 0 Å². The van der Waals surface area contributed by atoms with Crippen LogP contribution >= 0.6 is 0 Å². The molecule has 0 radical (unpaired) electrons. The molecule has 4 aliphatic rings. The second-order valence-corrected chi connectivity index (χ2v) is 21.1. The van der Waals surface area contributed by atoms with Crippen LogP contribution in [0.3, 0.4) is 0 Å². The van der Waals surface area contributed by atoms with Crippen molar-refractivity contribution in [1.82, 2.24) is 4.90 Å². The molecule has 4 heteroatoms. The Morgan fingerprint density at radius 1 is 0.746 bits per heavy atom. The molecule has 4 rings (SSSR count). The summed E-state index contributed by atoms with van der Waals surface area (Å²) in [6.45, 7) is 19.2. The summed E-state index contributed by atoms with van der Waals surface area (Å²) in [6.07, 6.45) is 45.4. The smallest absolute Gasteiger partial charge is 0.0934 e. The monoisotopic (exact) mass is 824 g/mol. The molecule has 0 aromatic rings. The Morgan fingerprint density at radius 2 is 1.44 bits per heavy atom. The predicted octanol–water partition coefficient (Wildman–Crippen LogP) is 15.6. The van der Waals surface area contributed by atoms with E-state index in [2.05, 4.69) is 90.9 Å². The minimum atomic E-state index is 0. The molecule has 4 nitrogen and oxygen atoms in total. The van der Waals surface area contributed by atoms with E-state index in [4.69, 9.17) is 14.2 Å². The van der Waals surface area contributed by atoms with Gasteiger partial charge in [0.05, 0.1) is 18.8 Å². The number of fused-ring (bicyclic) bond motifs is 5. The van der Waals surface area contributed by atoms with Gasteiger partial charge in [0.2, 0.25) is 0 Å². The molecule has 0 spiro atoms. The lowest BCUT2D eigenvalue weighted by Gasteiger charge is -2.58. The summed E-state index contributed by atoms with van der Waals surface area (Å²) in [5.41, 5.74) is 2.74. The van der Waals surface area contributed by atoms with Gasteiger partial charge in [-0.05, 0) is 163 Å².